The second kappa shape index (κ2) is 8.09. The number of hydrogen-bond donors (Lipinski definition) is 1. The summed E-state index contributed by atoms with van der Waals surface area (Å²) in [5.41, 5.74) is 0.980. The molecule has 1 aromatic heterocycles. The Morgan fingerprint density at radius 3 is 2.76 bits per heavy atom. The number of amides is 2. The van der Waals surface area contributed by atoms with E-state index >= 15 is 0 Å². The first-order valence-electron chi connectivity index (χ1n) is 8.75. The molecule has 0 spiro atoms. The van der Waals surface area contributed by atoms with Gasteiger partial charge in [0.15, 0.2) is 5.82 Å². The zero-order chi connectivity index (χ0) is 17.6. The summed E-state index contributed by atoms with van der Waals surface area (Å²) in [6, 6.07) is 6.12. The van der Waals surface area contributed by atoms with Gasteiger partial charge in [0.05, 0.1) is 6.54 Å². The molecular weight excluding hydrogens is 323 g/mol. The van der Waals surface area contributed by atoms with Gasteiger partial charge >= 0.3 is 6.03 Å². The van der Waals surface area contributed by atoms with Crippen molar-refractivity contribution in [1.82, 2.24) is 20.4 Å². The number of urea groups is 1. The van der Waals surface area contributed by atoms with Gasteiger partial charge in [0.2, 0.25) is 5.89 Å². The van der Waals surface area contributed by atoms with Crippen LogP contribution in [0.1, 0.15) is 49.4 Å². The second-order valence-electron chi connectivity index (χ2n) is 6.30. The molecule has 0 saturated heterocycles. The van der Waals surface area contributed by atoms with Gasteiger partial charge in [-0.25, -0.2) is 9.18 Å². The molecule has 0 atom stereocenters. The number of aromatic nitrogens is 2. The minimum atomic E-state index is -0.258. The Hall–Kier alpha value is -2.44. The third-order valence-corrected chi connectivity index (χ3v) is 4.54. The summed E-state index contributed by atoms with van der Waals surface area (Å²) in [6.45, 7) is 3.28. The van der Waals surface area contributed by atoms with E-state index < -0.39 is 0 Å². The van der Waals surface area contributed by atoms with Gasteiger partial charge in [0.25, 0.3) is 0 Å². The third kappa shape index (κ3) is 4.55. The molecule has 1 aliphatic rings. The lowest BCUT2D eigenvalue weighted by molar-refractivity contribution is 0.196. The summed E-state index contributed by atoms with van der Waals surface area (Å²) in [5.74, 6) is 1.36. The molecule has 0 aliphatic heterocycles. The number of carbonyl (C=O) groups is 1. The SMILES string of the molecule is CCN(Cc1noc(C2CCC2)n1)C(=O)NCCc1ccc(F)cc1. The lowest BCUT2D eigenvalue weighted by Gasteiger charge is -2.21. The van der Waals surface area contributed by atoms with Crippen LogP contribution in [0.15, 0.2) is 28.8 Å². The molecule has 134 valence electrons. The fourth-order valence-corrected chi connectivity index (χ4v) is 2.73. The fraction of sp³-hybridized carbons (Fsp3) is 0.500. The number of nitrogens with zero attached hydrogens (tertiary/aromatic N) is 3. The van der Waals surface area contributed by atoms with Gasteiger partial charge in [0.1, 0.15) is 5.82 Å². The lowest BCUT2D eigenvalue weighted by atomic mass is 9.85. The van der Waals surface area contributed by atoms with Crippen molar-refractivity contribution in [2.45, 2.75) is 45.1 Å². The summed E-state index contributed by atoms with van der Waals surface area (Å²) in [7, 11) is 0. The van der Waals surface area contributed by atoms with E-state index in [1.54, 1.807) is 17.0 Å². The quantitative estimate of drug-likeness (QED) is 0.835. The van der Waals surface area contributed by atoms with Crippen LogP contribution in [-0.2, 0) is 13.0 Å². The third-order valence-electron chi connectivity index (χ3n) is 4.54. The normalized spacial score (nSPS) is 14.2. The largest absolute Gasteiger partial charge is 0.339 e. The molecule has 2 amide bonds. The molecule has 0 bridgehead atoms. The molecule has 7 heteroatoms. The van der Waals surface area contributed by atoms with Crippen molar-refractivity contribution in [3.8, 4) is 0 Å². The van der Waals surface area contributed by atoms with Crippen LogP contribution in [0.2, 0.25) is 0 Å². The molecule has 1 saturated carbocycles. The van der Waals surface area contributed by atoms with Crippen LogP contribution < -0.4 is 5.32 Å². The highest BCUT2D eigenvalue weighted by atomic mass is 19.1. The minimum Gasteiger partial charge on any atom is -0.339 e. The van der Waals surface area contributed by atoms with Crippen molar-refractivity contribution in [3.05, 3.63) is 47.4 Å². The average molecular weight is 346 g/mol. The molecule has 0 radical (unpaired) electrons. The lowest BCUT2D eigenvalue weighted by Crippen LogP contribution is -2.40. The summed E-state index contributed by atoms with van der Waals surface area (Å²) in [5, 5.41) is 6.86. The molecule has 2 aromatic rings. The molecule has 1 aromatic carbocycles. The van der Waals surface area contributed by atoms with Crippen LogP contribution in [0.4, 0.5) is 9.18 Å². The van der Waals surface area contributed by atoms with Gasteiger partial charge in [0, 0.05) is 19.0 Å². The predicted octanol–water partition coefficient (Wildman–Crippen LogP) is 3.25. The Balaban J connectivity index is 1.47. The number of benzene rings is 1. The summed E-state index contributed by atoms with van der Waals surface area (Å²) in [6.07, 6.45) is 4.06. The van der Waals surface area contributed by atoms with E-state index in [1.165, 1.54) is 18.6 Å². The van der Waals surface area contributed by atoms with Crippen molar-refractivity contribution < 1.29 is 13.7 Å². The fourth-order valence-electron chi connectivity index (χ4n) is 2.73. The van der Waals surface area contributed by atoms with Crippen LogP contribution in [0.3, 0.4) is 0 Å². The smallest absolute Gasteiger partial charge is 0.317 e. The zero-order valence-corrected chi connectivity index (χ0v) is 14.4. The Morgan fingerprint density at radius 2 is 2.12 bits per heavy atom. The highest BCUT2D eigenvalue weighted by Crippen LogP contribution is 2.35. The minimum absolute atomic E-state index is 0.167. The van der Waals surface area contributed by atoms with E-state index in [1.807, 2.05) is 6.92 Å². The first kappa shape index (κ1) is 17.4. The second-order valence-corrected chi connectivity index (χ2v) is 6.30. The number of nitrogens with one attached hydrogen (secondary N) is 1. The van der Waals surface area contributed by atoms with Crippen LogP contribution in [0, 0.1) is 5.82 Å². The van der Waals surface area contributed by atoms with Crippen molar-refractivity contribution in [1.29, 1.82) is 0 Å². The van der Waals surface area contributed by atoms with Gasteiger partial charge in [-0.15, -0.1) is 0 Å². The Labute approximate surface area is 146 Å². The van der Waals surface area contributed by atoms with E-state index in [4.69, 9.17) is 4.52 Å². The van der Waals surface area contributed by atoms with Gasteiger partial charge in [-0.2, -0.15) is 4.98 Å². The average Bonchev–Trinajstić information content (AvgIpc) is 3.00. The van der Waals surface area contributed by atoms with Gasteiger partial charge in [-0.05, 0) is 43.9 Å². The molecule has 1 fully saturated rings. The first-order valence-corrected chi connectivity index (χ1v) is 8.75. The number of halogens is 1. The maximum absolute atomic E-state index is 12.9. The molecule has 1 heterocycles. The van der Waals surface area contributed by atoms with E-state index in [0.717, 1.165) is 18.4 Å². The van der Waals surface area contributed by atoms with Crippen LogP contribution in [0.25, 0.3) is 0 Å². The molecule has 1 N–H and O–H groups in total. The Morgan fingerprint density at radius 1 is 1.36 bits per heavy atom. The molecule has 1 aliphatic carbocycles. The molecule has 3 rings (SSSR count). The van der Waals surface area contributed by atoms with E-state index in [-0.39, 0.29) is 11.8 Å². The maximum Gasteiger partial charge on any atom is 0.317 e. The van der Waals surface area contributed by atoms with E-state index in [2.05, 4.69) is 15.5 Å². The van der Waals surface area contributed by atoms with Crippen molar-refractivity contribution >= 4 is 6.03 Å². The molecular formula is C18H23FN4O2. The number of rotatable bonds is 7. The molecule has 25 heavy (non-hydrogen) atoms. The predicted molar refractivity (Wildman–Crippen MR) is 90.5 cm³/mol. The van der Waals surface area contributed by atoms with E-state index in [0.29, 0.717) is 43.7 Å². The molecule has 6 nitrogen and oxygen atoms in total. The number of carbonyl (C=O) groups excluding carboxylic acids is 1. The highest BCUT2D eigenvalue weighted by Gasteiger charge is 2.26. The van der Waals surface area contributed by atoms with E-state index in [9.17, 15) is 9.18 Å². The summed E-state index contributed by atoms with van der Waals surface area (Å²) < 4.78 is 18.2. The van der Waals surface area contributed by atoms with Gasteiger partial charge in [-0.1, -0.05) is 23.7 Å². The maximum atomic E-state index is 12.9. The highest BCUT2D eigenvalue weighted by molar-refractivity contribution is 5.74. The van der Waals surface area contributed by atoms with Crippen LogP contribution >= 0.6 is 0 Å². The summed E-state index contributed by atoms with van der Waals surface area (Å²) in [4.78, 5) is 18.3. The van der Waals surface area contributed by atoms with Crippen LogP contribution in [0.5, 0.6) is 0 Å². The molecule has 0 unspecified atom stereocenters. The first-order chi connectivity index (χ1) is 12.2. The van der Waals surface area contributed by atoms with Crippen molar-refractivity contribution in [2.75, 3.05) is 13.1 Å². The monoisotopic (exact) mass is 346 g/mol. The Kier molecular flexibility index (Phi) is 5.63. The zero-order valence-electron chi connectivity index (χ0n) is 14.4. The van der Waals surface area contributed by atoms with Crippen molar-refractivity contribution in [2.24, 2.45) is 0 Å². The topological polar surface area (TPSA) is 71.3 Å². The Bertz CT molecular complexity index is 697. The van der Waals surface area contributed by atoms with Crippen molar-refractivity contribution in [3.63, 3.8) is 0 Å². The standard InChI is InChI=1S/C18H23FN4O2/c1-2-23(12-16-21-17(25-22-16)14-4-3-5-14)18(24)20-11-10-13-6-8-15(19)9-7-13/h6-9,14H,2-5,10-12H2,1H3,(H,20,24). The van der Waals surface area contributed by atoms with Gasteiger partial charge < -0.3 is 14.7 Å². The summed E-state index contributed by atoms with van der Waals surface area (Å²) >= 11 is 0. The van der Waals surface area contributed by atoms with Crippen LogP contribution in [-0.4, -0.2) is 34.2 Å². The number of hydrogen-bond acceptors (Lipinski definition) is 4. The van der Waals surface area contributed by atoms with Gasteiger partial charge in [-0.3, -0.25) is 0 Å².